The van der Waals surface area contributed by atoms with E-state index in [0.717, 1.165) is 22.2 Å². The second-order valence-electron chi connectivity index (χ2n) is 8.84. The molecule has 0 saturated carbocycles. The molecule has 0 aliphatic carbocycles. The third-order valence-corrected chi connectivity index (χ3v) is 7.09. The molecule has 0 atom stereocenters. The maximum atomic E-state index is 13.3. The summed E-state index contributed by atoms with van der Waals surface area (Å²) in [6.07, 6.45) is -8.57. The van der Waals surface area contributed by atoms with Gasteiger partial charge < -0.3 is 14.6 Å². The van der Waals surface area contributed by atoms with Crippen LogP contribution in [0.3, 0.4) is 0 Å². The van der Waals surface area contributed by atoms with E-state index in [-0.39, 0.29) is 39.0 Å². The zero-order valence-corrected chi connectivity index (χ0v) is 22.8. The molecular weight excluding hydrogens is 608 g/mol. The summed E-state index contributed by atoms with van der Waals surface area (Å²) in [6.45, 7) is -1.20. The quantitative estimate of drug-likeness (QED) is 0.153. The van der Waals surface area contributed by atoms with Crippen LogP contribution < -0.4 is 9.47 Å². The predicted octanol–water partition coefficient (Wildman–Crippen LogP) is 7.17. The first-order valence-corrected chi connectivity index (χ1v) is 13.1. The van der Waals surface area contributed by atoms with Crippen LogP contribution in [0.1, 0.15) is 27.8 Å². The van der Waals surface area contributed by atoms with E-state index in [1.807, 2.05) is 0 Å². The van der Waals surface area contributed by atoms with Gasteiger partial charge in [0.05, 0.1) is 16.0 Å². The van der Waals surface area contributed by atoms with Gasteiger partial charge in [-0.3, -0.25) is 14.5 Å². The van der Waals surface area contributed by atoms with Crippen LogP contribution in [-0.2, 0) is 35.2 Å². The number of halogens is 6. The summed E-state index contributed by atoms with van der Waals surface area (Å²) in [5.41, 5.74) is -2.12. The number of carboxylic acids is 1. The Kier molecular flexibility index (Phi) is 9.16. The van der Waals surface area contributed by atoms with E-state index in [2.05, 4.69) is 0 Å². The Labute approximate surface area is 244 Å². The topological polar surface area (TPSA) is 76.1 Å². The number of amides is 1. The number of alkyl halides is 6. The minimum atomic E-state index is -5.01. The monoisotopic (exact) mass is 627 g/mol. The van der Waals surface area contributed by atoms with Crippen molar-refractivity contribution in [2.24, 2.45) is 0 Å². The molecule has 4 rings (SSSR count). The summed E-state index contributed by atoms with van der Waals surface area (Å²) in [4.78, 5) is 24.8. The van der Waals surface area contributed by atoms with Gasteiger partial charge in [-0.05, 0) is 53.1 Å². The van der Waals surface area contributed by atoms with Crippen molar-refractivity contribution in [3.63, 3.8) is 0 Å². The average Bonchev–Trinajstić information content (AvgIpc) is 3.17. The Morgan fingerprint density at radius 3 is 2.05 bits per heavy atom. The predicted molar refractivity (Wildman–Crippen MR) is 146 cm³/mol. The number of carbonyl (C=O) groups excluding carboxylic acids is 1. The summed E-state index contributed by atoms with van der Waals surface area (Å²) < 4.78 is 91.2. The van der Waals surface area contributed by atoms with Gasteiger partial charge in [0.25, 0.3) is 5.91 Å². The Bertz CT molecular complexity index is 1510. The van der Waals surface area contributed by atoms with Gasteiger partial charge in [-0.2, -0.15) is 26.3 Å². The number of carboxylic acid groups (broad SMARTS) is 1. The van der Waals surface area contributed by atoms with Crippen molar-refractivity contribution >= 4 is 46.3 Å². The van der Waals surface area contributed by atoms with Gasteiger partial charge in [0.15, 0.2) is 11.5 Å². The van der Waals surface area contributed by atoms with Crippen molar-refractivity contribution in [3.05, 3.63) is 99.5 Å². The first-order chi connectivity index (χ1) is 19.7. The number of thioether (sulfide) groups is 1. The molecule has 0 radical (unpaired) electrons. The summed E-state index contributed by atoms with van der Waals surface area (Å²) >= 11 is 6.00. The Morgan fingerprint density at radius 2 is 1.45 bits per heavy atom. The molecule has 42 heavy (non-hydrogen) atoms. The number of hydrogen-bond acceptors (Lipinski definition) is 6. The molecule has 6 nitrogen and oxygen atoms in total. The van der Waals surface area contributed by atoms with E-state index < -0.39 is 48.5 Å². The largest absolute Gasteiger partial charge is 0.485 e. The fraction of sp³-hybridized carbons (Fsp3) is 0.179. The number of ether oxygens (including phenoxy) is 2. The van der Waals surface area contributed by atoms with Crippen molar-refractivity contribution in [2.75, 3.05) is 6.54 Å². The van der Waals surface area contributed by atoms with Crippen molar-refractivity contribution in [2.45, 2.75) is 25.6 Å². The average molecular weight is 628 g/mol. The third kappa shape index (κ3) is 7.82. The number of benzene rings is 3. The molecule has 14 heteroatoms. The van der Waals surface area contributed by atoms with Crippen LogP contribution in [0.5, 0.6) is 11.5 Å². The van der Waals surface area contributed by atoms with Crippen LogP contribution in [0, 0.1) is 0 Å². The van der Waals surface area contributed by atoms with Crippen LogP contribution in [0.4, 0.5) is 26.3 Å². The van der Waals surface area contributed by atoms with Gasteiger partial charge in [0.1, 0.15) is 24.1 Å². The Balaban J connectivity index is 1.63. The first kappa shape index (κ1) is 30.9. The molecular formula is C28H19F6NO5S2. The molecule has 0 aromatic heterocycles. The maximum Gasteiger partial charge on any atom is 0.416 e. The summed E-state index contributed by atoms with van der Waals surface area (Å²) in [5.74, 6) is -1.73. The molecule has 220 valence electrons. The SMILES string of the molecule is O=C(O)CN1C(=O)/C(=C/c2ccc(OCc3cc(C(F)(F)F)cc(C(F)(F)F)c3)c(OCc3ccccc3)c2)SC1=S. The third-order valence-electron chi connectivity index (χ3n) is 5.71. The van der Waals surface area contributed by atoms with Gasteiger partial charge in [-0.1, -0.05) is 60.4 Å². The van der Waals surface area contributed by atoms with Crippen molar-refractivity contribution in [3.8, 4) is 11.5 Å². The molecule has 0 spiro atoms. The van der Waals surface area contributed by atoms with Gasteiger partial charge in [0, 0.05) is 0 Å². The Morgan fingerprint density at radius 1 is 0.857 bits per heavy atom. The second kappa shape index (κ2) is 12.4. The summed E-state index contributed by atoms with van der Waals surface area (Å²) in [7, 11) is 0. The number of nitrogens with zero attached hydrogens (tertiary/aromatic N) is 1. The van der Waals surface area contributed by atoms with E-state index in [1.165, 1.54) is 24.3 Å². The first-order valence-electron chi connectivity index (χ1n) is 11.9. The van der Waals surface area contributed by atoms with E-state index in [0.29, 0.717) is 17.7 Å². The summed E-state index contributed by atoms with van der Waals surface area (Å²) in [6, 6.07) is 14.4. The lowest BCUT2D eigenvalue weighted by atomic mass is 10.1. The lowest BCUT2D eigenvalue weighted by molar-refractivity contribution is -0.143. The van der Waals surface area contributed by atoms with Gasteiger partial charge in [-0.25, -0.2) is 0 Å². The fourth-order valence-corrected chi connectivity index (χ4v) is 5.02. The van der Waals surface area contributed by atoms with Crippen molar-refractivity contribution in [1.82, 2.24) is 4.90 Å². The minimum absolute atomic E-state index is 0.0208. The number of hydrogen-bond donors (Lipinski definition) is 1. The molecule has 1 aliphatic heterocycles. The molecule has 1 saturated heterocycles. The highest BCUT2D eigenvalue weighted by atomic mass is 32.2. The van der Waals surface area contributed by atoms with Crippen molar-refractivity contribution in [1.29, 1.82) is 0 Å². The lowest BCUT2D eigenvalue weighted by Crippen LogP contribution is -2.33. The van der Waals surface area contributed by atoms with E-state index in [4.69, 9.17) is 26.8 Å². The molecule has 1 amide bonds. The molecule has 0 bridgehead atoms. The lowest BCUT2D eigenvalue weighted by Gasteiger charge is -2.16. The standard InChI is InChI=1S/C28H19F6NO5S2/c29-27(30,31)19-8-18(9-20(12-19)28(32,33)34)15-39-21-7-6-17(10-22(21)40-14-16-4-2-1-3-5-16)11-23-25(38)35(13-24(36)37)26(41)42-23/h1-12H,13-15H2,(H,36,37)/b23-11-. The van der Waals surface area contributed by atoms with Crippen molar-refractivity contribution < 1.29 is 50.5 Å². The minimum Gasteiger partial charge on any atom is -0.485 e. The molecule has 1 aliphatic rings. The van der Waals surface area contributed by atoms with Crippen LogP contribution in [0.15, 0.2) is 71.6 Å². The normalized spacial score (nSPS) is 14.9. The molecule has 3 aromatic rings. The Hall–Kier alpha value is -4.04. The van der Waals surface area contributed by atoms with Gasteiger partial charge >= 0.3 is 18.3 Å². The smallest absolute Gasteiger partial charge is 0.416 e. The summed E-state index contributed by atoms with van der Waals surface area (Å²) in [5, 5.41) is 9.02. The fourth-order valence-electron chi connectivity index (χ4n) is 3.77. The van der Waals surface area contributed by atoms with E-state index in [1.54, 1.807) is 30.3 Å². The highest BCUT2D eigenvalue weighted by Gasteiger charge is 2.37. The van der Waals surface area contributed by atoms with Crippen LogP contribution in [0.25, 0.3) is 6.08 Å². The zero-order valence-electron chi connectivity index (χ0n) is 21.2. The molecule has 1 heterocycles. The zero-order chi connectivity index (χ0) is 30.7. The highest BCUT2D eigenvalue weighted by Crippen LogP contribution is 2.38. The van der Waals surface area contributed by atoms with E-state index >= 15 is 0 Å². The van der Waals surface area contributed by atoms with Crippen LogP contribution in [0.2, 0.25) is 0 Å². The van der Waals surface area contributed by atoms with E-state index in [9.17, 15) is 35.9 Å². The maximum absolute atomic E-state index is 13.3. The number of rotatable bonds is 9. The van der Waals surface area contributed by atoms with Gasteiger partial charge in [-0.15, -0.1) is 0 Å². The van der Waals surface area contributed by atoms with Gasteiger partial charge in [0.2, 0.25) is 0 Å². The molecule has 1 N–H and O–H groups in total. The molecule has 3 aromatic carbocycles. The second-order valence-corrected chi connectivity index (χ2v) is 10.5. The molecule has 1 fully saturated rings. The number of aliphatic carboxylic acids is 1. The van der Waals surface area contributed by atoms with Crippen LogP contribution >= 0.6 is 24.0 Å². The number of thiocarbonyl (C=S) groups is 1. The number of carbonyl (C=O) groups is 2. The highest BCUT2D eigenvalue weighted by molar-refractivity contribution is 8.26. The van der Waals surface area contributed by atoms with Crippen LogP contribution in [-0.4, -0.2) is 32.7 Å². The molecule has 0 unspecified atom stereocenters.